The number of nitrogens with zero attached hydrogens (tertiary/aromatic N) is 4. The summed E-state index contributed by atoms with van der Waals surface area (Å²) in [5, 5.41) is 0. The molecule has 2 aromatic carbocycles. The van der Waals surface area contributed by atoms with Gasteiger partial charge in [-0.15, -0.1) is 0 Å². The van der Waals surface area contributed by atoms with Crippen molar-refractivity contribution in [2.24, 2.45) is 0 Å². The Bertz CT molecular complexity index is 1040. The van der Waals surface area contributed by atoms with Gasteiger partial charge in [0.05, 0.1) is 13.1 Å². The van der Waals surface area contributed by atoms with Crippen LogP contribution in [-0.4, -0.2) is 20.4 Å². The molecule has 0 radical (unpaired) electrons. The summed E-state index contributed by atoms with van der Waals surface area (Å²) in [6.45, 7) is -0.0803. The number of carbonyl (C=O) groups is 1. The highest BCUT2D eigenvalue weighted by atomic mass is 19.1. The van der Waals surface area contributed by atoms with Gasteiger partial charge in [-0.2, -0.15) is 9.67 Å². The Morgan fingerprint density at radius 2 is 1.84 bits per heavy atom. The molecule has 3 aromatic rings. The summed E-state index contributed by atoms with van der Waals surface area (Å²) in [7, 11) is 0. The van der Waals surface area contributed by atoms with Crippen molar-refractivity contribution < 1.29 is 13.6 Å². The molecule has 1 amide bonds. The lowest BCUT2D eigenvalue weighted by Gasteiger charge is -2.16. The number of amides is 1. The van der Waals surface area contributed by atoms with Crippen molar-refractivity contribution in [3.05, 3.63) is 82.0 Å². The van der Waals surface area contributed by atoms with Crippen LogP contribution in [0.4, 0.5) is 19.3 Å². The molecule has 25 heavy (non-hydrogen) atoms. The van der Waals surface area contributed by atoms with Crippen LogP contribution in [0.5, 0.6) is 0 Å². The first-order valence-corrected chi connectivity index (χ1v) is 7.54. The van der Waals surface area contributed by atoms with Crippen molar-refractivity contribution in [1.29, 1.82) is 0 Å². The van der Waals surface area contributed by atoms with Gasteiger partial charge in [0.25, 0.3) is 0 Å². The van der Waals surface area contributed by atoms with Gasteiger partial charge in [0, 0.05) is 11.3 Å². The second-order valence-corrected chi connectivity index (χ2v) is 5.62. The number of benzene rings is 2. The first kappa shape index (κ1) is 15.3. The van der Waals surface area contributed by atoms with E-state index < -0.39 is 23.4 Å². The third-order valence-electron chi connectivity index (χ3n) is 4.04. The molecule has 1 aliphatic rings. The normalized spacial score (nSPS) is 13.4. The van der Waals surface area contributed by atoms with Gasteiger partial charge in [-0.25, -0.2) is 23.1 Å². The lowest BCUT2D eigenvalue weighted by atomic mass is 10.2. The van der Waals surface area contributed by atoms with E-state index in [0.29, 0.717) is 5.69 Å². The monoisotopic (exact) mass is 342 g/mol. The first-order valence-electron chi connectivity index (χ1n) is 7.54. The van der Waals surface area contributed by atoms with E-state index in [0.717, 1.165) is 9.36 Å². The Labute approximate surface area is 140 Å². The van der Waals surface area contributed by atoms with E-state index in [2.05, 4.69) is 4.98 Å². The lowest BCUT2D eigenvalue weighted by Crippen LogP contribution is -2.34. The SMILES string of the molecule is O=C1N(c2cccc(F)c2)Cc2nc(=O)n(Cc3ccccc3F)n21. The van der Waals surface area contributed by atoms with Gasteiger partial charge < -0.3 is 0 Å². The highest BCUT2D eigenvalue weighted by Crippen LogP contribution is 2.23. The quantitative estimate of drug-likeness (QED) is 0.734. The minimum Gasteiger partial charge on any atom is -0.285 e. The minimum atomic E-state index is -0.634. The Kier molecular flexibility index (Phi) is 3.45. The van der Waals surface area contributed by atoms with E-state index >= 15 is 0 Å². The number of rotatable bonds is 3. The fraction of sp³-hybridized carbons (Fsp3) is 0.118. The molecule has 0 aliphatic carbocycles. The van der Waals surface area contributed by atoms with E-state index in [1.165, 1.54) is 35.2 Å². The molecule has 126 valence electrons. The molecule has 0 atom stereocenters. The first-order chi connectivity index (χ1) is 12.0. The number of carbonyl (C=O) groups excluding carboxylic acids is 1. The van der Waals surface area contributed by atoms with Gasteiger partial charge in [0.1, 0.15) is 11.6 Å². The number of hydrogen-bond donors (Lipinski definition) is 0. The molecule has 0 spiro atoms. The van der Waals surface area contributed by atoms with E-state index in [1.54, 1.807) is 18.2 Å². The molecule has 1 aliphatic heterocycles. The van der Waals surface area contributed by atoms with Crippen LogP contribution in [0.1, 0.15) is 11.4 Å². The Morgan fingerprint density at radius 1 is 1.04 bits per heavy atom. The van der Waals surface area contributed by atoms with E-state index in [1.807, 2.05) is 0 Å². The lowest BCUT2D eigenvalue weighted by molar-refractivity contribution is 0.244. The van der Waals surface area contributed by atoms with Gasteiger partial charge in [-0.3, -0.25) is 4.90 Å². The fourth-order valence-corrected chi connectivity index (χ4v) is 2.85. The number of fused-ring (bicyclic) bond motifs is 1. The standard InChI is InChI=1S/C17H12F2N4O2/c18-12-5-3-6-13(8-12)21-10-15-20-16(24)22(23(15)17(21)25)9-11-4-1-2-7-14(11)19/h1-8H,9-10H2. The summed E-state index contributed by atoms with van der Waals surface area (Å²) < 4.78 is 29.5. The van der Waals surface area contributed by atoms with E-state index in [4.69, 9.17) is 0 Å². The van der Waals surface area contributed by atoms with Gasteiger partial charge in [0.15, 0.2) is 5.82 Å². The van der Waals surface area contributed by atoms with Gasteiger partial charge in [-0.1, -0.05) is 24.3 Å². The van der Waals surface area contributed by atoms with Gasteiger partial charge >= 0.3 is 11.7 Å². The van der Waals surface area contributed by atoms with Crippen LogP contribution in [0.2, 0.25) is 0 Å². The summed E-state index contributed by atoms with van der Waals surface area (Å²) in [4.78, 5) is 29.9. The van der Waals surface area contributed by atoms with E-state index in [9.17, 15) is 18.4 Å². The number of hydrogen-bond acceptors (Lipinski definition) is 3. The molecule has 6 nitrogen and oxygen atoms in total. The molecule has 0 N–H and O–H groups in total. The molecule has 0 saturated carbocycles. The summed E-state index contributed by atoms with van der Waals surface area (Å²) in [6.07, 6.45) is 0. The molecule has 4 rings (SSSR count). The Balaban J connectivity index is 1.73. The van der Waals surface area contributed by atoms with Crippen LogP contribution in [0.15, 0.2) is 53.3 Å². The fourth-order valence-electron chi connectivity index (χ4n) is 2.85. The smallest absolute Gasteiger partial charge is 0.285 e. The molecule has 0 bridgehead atoms. The van der Waals surface area contributed by atoms with Crippen LogP contribution in [0.25, 0.3) is 0 Å². The van der Waals surface area contributed by atoms with Crippen LogP contribution in [-0.2, 0) is 13.1 Å². The average Bonchev–Trinajstić information content (AvgIpc) is 3.06. The minimum absolute atomic E-state index is 0.0435. The summed E-state index contributed by atoms with van der Waals surface area (Å²) in [5.74, 6) is -0.716. The molecule has 1 aromatic heterocycles. The van der Waals surface area contributed by atoms with Gasteiger partial charge in [-0.05, 0) is 24.3 Å². The topological polar surface area (TPSA) is 60.1 Å². The highest BCUT2D eigenvalue weighted by molar-refractivity contribution is 5.95. The molecule has 8 heteroatoms. The summed E-state index contributed by atoms with van der Waals surface area (Å²) in [5.41, 5.74) is -0.00445. The van der Waals surface area contributed by atoms with Crippen molar-refractivity contribution >= 4 is 11.7 Å². The number of anilines is 1. The average molecular weight is 342 g/mol. The third kappa shape index (κ3) is 2.51. The predicted octanol–water partition coefficient (Wildman–Crippen LogP) is 2.36. The molecule has 0 unspecified atom stereocenters. The van der Waals surface area contributed by atoms with Crippen LogP contribution >= 0.6 is 0 Å². The van der Waals surface area contributed by atoms with Crippen molar-refractivity contribution in [2.75, 3.05) is 4.90 Å². The molecular weight excluding hydrogens is 330 g/mol. The Hall–Kier alpha value is -3.29. The molecule has 0 saturated heterocycles. The Morgan fingerprint density at radius 3 is 2.60 bits per heavy atom. The summed E-state index contributed by atoms with van der Waals surface area (Å²) >= 11 is 0. The van der Waals surface area contributed by atoms with Crippen LogP contribution < -0.4 is 10.6 Å². The largest absolute Gasteiger partial charge is 0.364 e. The van der Waals surface area contributed by atoms with Crippen molar-refractivity contribution in [1.82, 2.24) is 14.3 Å². The van der Waals surface area contributed by atoms with Crippen molar-refractivity contribution in [3.8, 4) is 0 Å². The molecular formula is C17H12F2N4O2. The maximum absolute atomic E-state index is 13.9. The third-order valence-corrected chi connectivity index (χ3v) is 4.04. The zero-order chi connectivity index (χ0) is 17.6. The highest BCUT2D eigenvalue weighted by Gasteiger charge is 2.33. The van der Waals surface area contributed by atoms with Crippen LogP contribution in [0.3, 0.4) is 0 Å². The zero-order valence-corrected chi connectivity index (χ0v) is 12.9. The predicted molar refractivity (Wildman–Crippen MR) is 85.4 cm³/mol. The zero-order valence-electron chi connectivity index (χ0n) is 12.9. The number of halogens is 2. The summed E-state index contributed by atoms with van der Waals surface area (Å²) in [6, 6.07) is 11.0. The van der Waals surface area contributed by atoms with Crippen molar-refractivity contribution in [2.45, 2.75) is 13.1 Å². The second-order valence-electron chi connectivity index (χ2n) is 5.62. The maximum Gasteiger partial charge on any atom is 0.364 e. The maximum atomic E-state index is 13.9. The molecule has 0 fully saturated rings. The van der Waals surface area contributed by atoms with E-state index in [-0.39, 0.29) is 24.5 Å². The van der Waals surface area contributed by atoms with Gasteiger partial charge in [0.2, 0.25) is 0 Å². The molecule has 2 heterocycles. The second kappa shape index (κ2) is 5.66. The van der Waals surface area contributed by atoms with Crippen LogP contribution in [0, 0.1) is 11.6 Å². The van der Waals surface area contributed by atoms with Crippen molar-refractivity contribution in [3.63, 3.8) is 0 Å². The number of aromatic nitrogens is 3.